The highest BCUT2D eigenvalue weighted by atomic mass is 16.1. The first-order valence-corrected chi connectivity index (χ1v) is 8.70. The van der Waals surface area contributed by atoms with E-state index in [1.165, 1.54) is 4.68 Å². The number of carbonyl (C=O) groups excluding carboxylic acids is 1. The third-order valence-electron chi connectivity index (χ3n) is 4.03. The first-order chi connectivity index (χ1) is 12.5. The van der Waals surface area contributed by atoms with E-state index in [0.29, 0.717) is 17.5 Å². The molecule has 0 atom stereocenters. The Morgan fingerprint density at radius 2 is 1.85 bits per heavy atom. The van der Waals surface area contributed by atoms with Gasteiger partial charge in [0.2, 0.25) is 5.91 Å². The number of amides is 1. The number of hydrogen-bond acceptors (Lipinski definition) is 4. The van der Waals surface area contributed by atoms with Crippen molar-refractivity contribution >= 4 is 16.7 Å². The molecule has 26 heavy (non-hydrogen) atoms. The maximum Gasteiger partial charge on any atom is 0.275 e. The van der Waals surface area contributed by atoms with Gasteiger partial charge in [-0.25, -0.2) is 4.68 Å². The third kappa shape index (κ3) is 4.14. The molecule has 0 aliphatic rings. The lowest BCUT2D eigenvalue weighted by Gasteiger charge is -2.12. The van der Waals surface area contributed by atoms with Gasteiger partial charge in [-0.2, -0.15) is 5.10 Å². The van der Waals surface area contributed by atoms with E-state index in [1.54, 1.807) is 12.3 Å². The number of hydrogen-bond donors (Lipinski definition) is 1. The van der Waals surface area contributed by atoms with Crippen molar-refractivity contribution in [2.24, 2.45) is 5.92 Å². The Hall–Kier alpha value is -3.02. The summed E-state index contributed by atoms with van der Waals surface area (Å²) in [7, 11) is 0. The quantitative estimate of drug-likeness (QED) is 0.741. The molecule has 0 bridgehead atoms. The standard InChI is InChI=1S/C20H22N4O2/c1-14(2)11-19(25)22-12-18-16-8-3-4-9-17(16)20(26)24(23-18)13-15-7-5-6-10-21-15/h3-10,14H,11-13H2,1-2H3,(H,22,25). The molecule has 3 aromatic rings. The van der Waals surface area contributed by atoms with Crippen LogP contribution in [0.5, 0.6) is 0 Å². The summed E-state index contributed by atoms with van der Waals surface area (Å²) < 4.78 is 1.41. The Morgan fingerprint density at radius 1 is 1.12 bits per heavy atom. The Bertz CT molecular complexity index is 964. The molecule has 0 saturated carbocycles. The molecule has 0 saturated heterocycles. The van der Waals surface area contributed by atoms with E-state index in [2.05, 4.69) is 15.4 Å². The van der Waals surface area contributed by atoms with Gasteiger partial charge in [0.25, 0.3) is 5.56 Å². The van der Waals surface area contributed by atoms with Crippen molar-refractivity contribution < 1.29 is 4.79 Å². The number of rotatable bonds is 6. The predicted octanol–water partition coefficient (Wildman–Crippen LogP) is 2.50. The second-order valence-corrected chi connectivity index (χ2v) is 6.65. The maximum absolute atomic E-state index is 12.8. The minimum absolute atomic E-state index is 0.0200. The van der Waals surface area contributed by atoms with Crippen LogP contribution in [-0.4, -0.2) is 20.7 Å². The fourth-order valence-corrected chi connectivity index (χ4v) is 2.81. The summed E-state index contributed by atoms with van der Waals surface area (Å²) in [5.41, 5.74) is 1.27. The number of carbonyl (C=O) groups is 1. The first-order valence-electron chi connectivity index (χ1n) is 8.70. The number of nitrogens with zero attached hydrogens (tertiary/aromatic N) is 3. The average molecular weight is 350 g/mol. The van der Waals surface area contributed by atoms with E-state index in [9.17, 15) is 9.59 Å². The molecule has 2 heterocycles. The van der Waals surface area contributed by atoms with Gasteiger partial charge in [-0.1, -0.05) is 38.1 Å². The highest BCUT2D eigenvalue weighted by molar-refractivity contribution is 5.84. The van der Waals surface area contributed by atoms with Crippen molar-refractivity contribution in [3.63, 3.8) is 0 Å². The molecule has 0 aliphatic carbocycles. The van der Waals surface area contributed by atoms with Crippen molar-refractivity contribution in [1.82, 2.24) is 20.1 Å². The minimum atomic E-state index is -0.163. The molecule has 6 heteroatoms. The second-order valence-electron chi connectivity index (χ2n) is 6.65. The van der Waals surface area contributed by atoms with Crippen LogP contribution in [-0.2, 0) is 17.9 Å². The van der Waals surface area contributed by atoms with Gasteiger partial charge < -0.3 is 5.32 Å². The van der Waals surface area contributed by atoms with E-state index >= 15 is 0 Å². The molecule has 6 nitrogen and oxygen atoms in total. The van der Waals surface area contributed by atoms with Gasteiger partial charge in [-0.3, -0.25) is 14.6 Å². The Labute approximate surface area is 151 Å². The highest BCUT2D eigenvalue weighted by Gasteiger charge is 2.12. The van der Waals surface area contributed by atoms with Crippen LogP contribution in [0.2, 0.25) is 0 Å². The van der Waals surface area contributed by atoms with E-state index in [0.717, 1.165) is 11.1 Å². The van der Waals surface area contributed by atoms with Crippen LogP contribution in [0.15, 0.2) is 53.5 Å². The second kappa shape index (κ2) is 7.91. The smallest absolute Gasteiger partial charge is 0.275 e. The number of aromatic nitrogens is 3. The molecule has 1 aromatic carbocycles. The highest BCUT2D eigenvalue weighted by Crippen LogP contribution is 2.13. The average Bonchev–Trinajstić information content (AvgIpc) is 2.63. The molecule has 0 aliphatic heterocycles. The largest absolute Gasteiger partial charge is 0.350 e. The normalized spacial score (nSPS) is 11.0. The maximum atomic E-state index is 12.8. The molecule has 2 aromatic heterocycles. The van der Waals surface area contributed by atoms with Crippen molar-refractivity contribution in [3.8, 4) is 0 Å². The lowest BCUT2D eigenvalue weighted by Crippen LogP contribution is -2.29. The van der Waals surface area contributed by atoms with Gasteiger partial charge in [-0.05, 0) is 24.1 Å². The van der Waals surface area contributed by atoms with E-state index in [-0.39, 0.29) is 30.5 Å². The zero-order valence-electron chi connectivity index (χ0n) is 15.0. The van der Waals surface area contributed by atoms with Crippen LogP contribution in [0, 0.1) is 5.92 Å². The van der Waals surface area contributed by atoms with Crippen LogP contribution in [0.1, 0.15) is 31.7 Å². The zero-order valence-corrected chi connectivity index (χ0v) is 15.0. The number of fused-ring (bicyclic) bond motifs is 1. The molecular formula is C20H22N4O2. The molecule has 134 valence electrons. The summed E-state index contributed by atoms with van der Waals surface area (Å²) in [5, 5.41) is 8.75. The number of benzene rings is 1. The van der Waals surface area contributed by atoms with Crippen LogP contribution in [0.4, 0.5) is 0 Å². The lowest BCUT2D eigenvalue weighted by molar-refractivity contribution is -0.121. The summed E-state index contributed by atoms with van der Waals surface area (Å²) in [5.74, 6) is 0.270. The fourth-order valence-electron chi connectivity index (χ4n) is 2.81. The molecule has 1 N–H and O–H groups in total. The monoisotopic (exact) mass is 350 g/mol. The summed E-state index contributed by atoms with van der Waals surface area (Å²) >= 11 is 0. The van der Waals surface area contributed by atoms with Crippen molar-refractivity contribution in [1.29, 1.82) is 0 Å². The topological polar surface area (TPSA) is 76.9 Å². The van der Waals surface area contributed by atoms with E-state index in [4.69, 9.17) is 0 Å². The number of pyridine rings is 1. The summed E-state index contributed by atoms with van der Waals surface area (Å²) in [6.07, 6.45) is 2.15. The van der Waals surface area contributed by atoms with Gasteiger partial charge in [0.05, 0.1) is 29.9 Å². The van der Waals surface area contributed by atoms with Gasteiger partial charge in [0.1, 0.15) is 0 Å². The first kappa shape index (κ1) is 17.8. The van der Waals surface area contributed by atoms with Crippen LogP contribution >= 0.6 is 0 Å². The fraction of sp³-hybridized carbons (Fsp3) is 0.300. The summed E-state index contributed by atoms with van der Waals surface area (Å²) in [6.45, 7) is 4.58. The molecule has 0 radical (unpaired) electrons. The van der Waals surface area contributed by atoms with Crippen molar-refractivity contribution in [3.05, 3.63) is 70.4 Å². The van der Waals surface area contributed by atoms with Crippen LogP contribution in [0.25, 0.3) is 10.8 Å². The minimum Gasteiger partial charge on any atom is -0.350 e. The van der Waals surface area contributed by atoms with Gasteiger partial charge in [-0.15, -0.1) is 0 Å². The predicted molar refractivity (Wildman–Crippen MR) is 101 cm³/mol. The molecular weight excluding hydrogens is 328 g/mol. The molecule has 0 unspecified atom stereocenters. The molecule has 0 fully saturated rings. The Morgan fingerprint density at radius 3 is 2.54 bits per heavy atom. The van der Waals surface area contributed by atoms with Crippen LogP contribution in [0.3, 0.4) is 0 Å². The Balaban J connectivity index is 1.95. The molecule has 0 spiro atoms. The molecule has 3 rings (SSSR count). The van der Waals surface area contributed by atoms with Crippen LogP contribution < -0.4 is 10.9 Å². The molecule has 1 amide bonds. The lowest BCUT2D eigenvalue weighted by atomic mass is 10.1. The van der Waals surface area contributed by atoms with Crippen molar-refractivity contribution in [2.45, 2.75) is 33.4 Å². The van der Waals surface area contributed by atoms with Gasteiger partial charge in [0, 0.05) is 18.0 Å². The SMILES string of the molecule is CC(C)CC(=O)NCc1nn(Cc2ccccn2)c(=O)c2ccccc12. The summed E-state index contributed by atoms with van der Waals surface area (Å²) in [6, 6.07) is 12.9. The summed E-state index contributed by atoms with van der Waals surface area (Å²) in [4.78, 5) is 29.0. The van der Waals surface area contributed by atoms with E-state index < -0.39 is 0 Å². The van der Waals surface area contributed by atoms with Gasteiger partial charge >= 0.3 is 0 Å². The number of nitrogens with one attached hydrogen (secondary N) is 1. The van der Waals surface area contributed by atoms with Gasteiger partial charge in [0.15, 0.2) is 0 Å². The zero-order chi connectivity index (χ0) is 18.5. The van der Waals surface area contributed by atoms with Crippen molar-refractivity contribution in [2.75, 3.05) is 0 Å². The van der Waals surface area contributed by atoms with E-state index in [1.807, 2.05) is 50.2 Å². The third-order valence-corrected chi connectivity index (χ3v) is 4.03. The Kier molecular flexibility index (Phi) is 5.41.